The van der Waals surface area contributed by atoms with Crippen LogP contribution in [-0.4, -0.2) is 16.5 Å². The first kappa shape index (κ1) is 12.8. The quantitative estimate of drug-likeness (QED) is 0.774. The molecule has 0 radical (unpaired) electrons. The lowest BCUT2D eigenvalue weighted by atomic mass is 10.2. The van der Waals surface area contributed by atoms with Crippen LogP contribution in [0.1, 0.15) is 18.2 Å². The van der Waals surface area contributed by atoms with Crippen molar-refractivity contribution >= 4 is 17.3 Å². The van der Waals surface area contributed by atoms with Gasteiger partial charge in [-0.1, -0.05) is 6.07 Å². The Labute approximate surface area is 112 Å². The zero-order valence-corrected chi connectivity index (χ0v) is 11.1. The molecule has 0 saturated heterocycles. The Balaban J connectivity index is 2.23. The fraction of sp³-hybridized carbons (Fsp3) is 0.286. The summed E-state index contributed by atoms with van der Waals surface area (Å²) in [6.07, 6.45) is 5.45. The zero-order chi connectivity index (χ0) is 12.8. The van der Waals surface area contributed by atoms with Crippen LogP contribution in [-0.2, 0) is 12.4 Å². The van der Waals surface area contributed by atoms with E-state index in [0.717, 1.165) is 30.0 Å². The largest absolute Gasteiger partial charge is 0.364 e. The van der Waals surface area contributed by atoms with E-state index in [4.69, 9.17) is 11.6 Å². The van der Waals surface area contributed by atoms with Crippen molar-refractivity contribution in [2.24, 2.45) is 0 Å². The molecule has 0 saturated carbocycles. The second-order valence-electron chi connectivity index (χ2n) is 3.97. The van der Waals surface area contributed by atoms with E-state index in [-0.39, 0.29) is 0 Å². The van der Waals surface area contributed by atoms with E-state index >= 15 is 0 Å². The van der Waals surface area contributed by atoms with Gasteiger partial charge in [0.1, 0.15) is 0 Å². The smallest absolute Gasteiger partial charge is 0.0602 e. The van der Waals surface area contributed by atoms with Crippen molar-refractivity contribution in [3.05, 3.63) is 54.1 Å². The number of anilines is 1. The number of halogens is 1. The van der Waals surface area contributed by atoms with Gasteiger partial charge in [-0.2, -0.15) is 0 Å². The van der Waals surface area contributed by atoms with E-state index in [1.807, 2.05) is 36.7 Å². The van der Waals surface area contributed by atoms with Gasteiger partial charge in [0, 0.05) is 24.8 Å². The van der Waals surface area contributed by atoms with Crippen LogP contribution in [0.5, 0.6) is 0 Å². The normalized spacial score (nSPS) is 10.3. The third kappa shape index (κ3) is 2.99. The molecule has 2 heterocycles. The van der Waals surface area contributed by atoms with E-state index in [1.165, 1.54) is 0 Å². The minimum atomic E-state index is 0.497. The summed E-state index contributed by atoms with van der Waals surface area (Å²) in [4.78, 5) is 10.8. The van der Waals surface area contributed by atoms with Gasteiger partial charge in [-0.15, -0.1) is 11.6 Å². The zero-order valence-electron chi connectivity index (χ0n) is 10.4. The molecule has 0 atom stereocenters. The molecule has 0 bridgehead atoms. The summed E-state index contributed by atoms with van der Waals surface area (Å²) in [5.41, 5.74) is 3.23. The molecule has 3 nitrogen and oxygen atoms in total. The van der Waals surface area contributed by atoms with Crippen LogP contribution in [0.25, 0.3) is 0 Å². The molecule has 2 rings (SSSR count). The first-order chi connectivity index (χ1) is 8.85. The highest BCUT2D eigenvalue weighted by atomic mass is 35.5. The standard InChI is InChI=1S/C14H16ClN3/c1-2-18(11-13-5-3-4-7-17-13)14-10-16-8-6-12(14)9-15/h3-8,10H,2,9,11H2,1H3. The second-order valence-corrected chi connectivity index (χ2v) is 4.24. The predicted octanol–water partition coefficient (Wildman–Crippen LogP) is 3.24. The molecule has 94 valence electrons. The molecule has 18 heavy (non-hydrogen) atoms. The second kappa shape index (κ2) is 6.36. The number of alkyl halides is 1. The summed E-state index contributed by atoms with van der Waals surface area (Å²) in [5, 5.41) is 0. The van der Waals surface area contributed by atoms with E-state index in [9.17, 15) is 0 Å². The summed E-state index contributed by atoms with van der Waals surface area (Å²) in [5.74, 6) is 0.497. The number of hydrogen-bond donors (Lipinski definition) is 0. The molecule has 2 aromatic rings. The highest BCUT2D eigenvalue weighted by Crippen LogP contribution is 2.22. The van der Waals surface area contributed by atoms with Gasteiger partial charge in [0.25, 0.3) is 0 Å². The maximum absolute atomic E-state index is 5.97. The lowest BCUT2D eigenvalue weighted by Gasteiger charge is -2.24. The van der Waals surface area contributed by atoms with Crippen LogP contribution in [0.15, 0.2) is 42.9 Å². The highest BCUT2D eigenvalue weighted by Gasteiger charge is 2.10. The molecule has 0 aliphatic carbocycles. The van der Waals surface area contributed by atoms with E-state index in [0.29, 0.717) is 5.88 Å². The monoisotopic (exact) mass is 261 g/mol. The van der Waals surface area contributed by atoms with Crippen LogP contribution >= 0.6 is 11.6 Å². The van der Waals surface area contributed by atoms with Gasteiger partial charge in [-0.05, 0) is 30.7 Å². The molecule has 0 unspecified atom stereocenters. The average Bonchev–Trinajstić information content (AvgIpc) is 2.46. The Morgan fingerprint density at radius 1 is 1.22 bits per heavy atom. The van der Waals surface area contributed by atoms with Gasteiger partial charge in [-0.3, -0.25) is 9.97 Å². The van der Waals surface area contributed by atoms with Crippen molar-refractivity contribution in [3.8, 4) is 0 Å². The minimum Gasteiger partial charge on any atom is -0.364 e. The Hall–Kier alpha value is -1.61. The third-order valence-electron chi connectivity index (χ3n) is 2.83. The van der Waals surface area contributed by atoms with Gasteiger partial charge < -0.3 is 4.90 Å². The van der Waals surface area contributed by atoms with Crippen LogP contribution in [0.4, 0.5) is 5.69 Å². The maximum Gasteiger partial charge on any atom is 0.0602 e. The van der Waals surface area contributed by atoms with Crippen LogP contribution < -0.4 is 4.90 Å². The molecule has 0 N–H and O–H groups in total. The van der Waals surface area contributed by atoms with Crippen LogP contribution in [0.3, 0.4) is 0 Å². The average molecular weight is 262 g/mol. The molecule has 2 aromatic heterocycles. The van der Waals surface area contributed by atoms with Gasteiger partial charge in [0.2, 0.25) is 0 Å². The molecular weight excluding hydrogens is 246 g/mol. The summed E-state index contributed by atoms with van der Waals surface area (Å²) in [6.45, 7) is 3.78. The number of nitrogens with zero attached hydrogens (tertiary/aromatic N) is 3. The Morgan fingerprint density at radius 2 is 2.11 bits per heavy atom. The Morgan fingerprint density at radius 3 is 2.78 bits per heavy atom. The van der Waals surface area contributed by atoms with E-state index < -0.39 is 0 Å². The van der Waals surface area contributed by atoms with E-state index in [2.05, 4.69) is 21.8 Å². The fourth-order valence-corrected chi connectivity index (χ4v) is 2.09. The molecule has 0 fully saturated rings. The molecule has 0 aromatic carbocycles. The lowest BCUT2D eigenvalue weighted by Crippen LogP contribution is -2.23. The van der Waals surface area contributed by atoms with Gasteiger partial charge in [0.05, 0.1) is 24.1 Å². The lowest BCUT2D eigenvalue weighted by molar-refractivity contribution is 0.802. The van der Waals surface area contributed by atoms with Crippen LogP contribution in [0.2, 0.25) is 0 Å². The predicted molar refractivity (Wildman–Crippen MR) is 74.8 cm³/mol. The summed E-state index contributed by atoms with van der Waals surface area (Å²) >= 11 is 5.97. The minimum absolute atomic E-state index is 0.497. The SMILES string of the molecule is CCN(Cc1ccccn1)c1cnccc1CCl. The number of aromatic nitrogens is 2. The molecule has 0 spiro atoms. The number of rotatable bonds is 5. The molecule has 0 aliphatic heterocycles. The van der Waals surface area contributed by atoms with Crippen molar-refractivity contribution in [2.45, 2.75) is 19.3 Å². The topological polar surface area (TPSA) is 29.0 Å². The van der Waals surface area contributed by atoms with Gasteiger partial charge in [-0.25, -0.2) is 0 Å². The van der Waals surface area contributed by atoms with E-state index in [1.54, 1.807) is 6.20 Å². The molecular formula is C14H16ClN3. The number of hydrogen-bond acceptors (Lipinski definition) is 3. The number of pyridine rings is 2. The summed E-state index contributed by atoms with van der Waals surface area (Å²) in [7, 11) is 0. The molecule has 4 heteroatoms. The summed E-state index contributed by atoms with van der Waals surface area (Å²) < 4.78 is 0. The van der Waals surface area contributed by atoms with Gasteiger partial charge in [0.15, 0.2) is 0 Å². The first-order valence-corrected chi connectivity index (χ1v) is 6.52. The Bertz CT molecular complexity index is 487. The first-order valence-electron chi connectivity index (χ1n) is 5.99. The fourth-order valence-electron chi connectivity index (χ4n) is 1.87. The molecule has 0 aliphatic rings. The highest BCUT2D eigenvalue weighted by molar-refractivity contribution is 6.17. The van der Waals surface area contributed by atoms with Crippen molar-refractivity contribution in [3.63, 3.8) is 0 Å². The summed E-state index contributed by atoms with van der Waals surface area (Å²) in [6, 6.07) is 7.92. The molecule has 0 amide bonds. The van der Waals surface area contributed by atoms with Crippen LogP contribution in [0, 0.1) is 0 Å². The van der Waals surface area contributed by atoms with Crippen molar-refractivity contribution < 1.29 is 0 Å². The third-order valence-corrected chi connectivity index (χ3v) is 3.12. The Kier molecular flexibility index (Phi) is 4.53. The van der Waals surface area contributed by atoms with Crippen molar-refractivity contribution in [2.75, 3.05) is 11.4 Å². The van der Waals surface area contributed by atoms with Crippen molar-refractivity contribution in [1.82, 2.24) is 9.97 Å². The van der Waals surface area contributed by atoms with Gasteiger partial charge >= 0.3 is 0 Å². The van der Waals surface area contributed by atoms with Crippen molar-refractivity contribution in [1.29, 1.82) is 0 Å². The maximum atomic E-state index is 5.97.